The zero-order valence-corrected chi connectivity index (χ0v) is 29.2. The lowest BCUT2D eigenvalue weighted by atomic mass is 9.89. The molecule has 0 atom stereocenters. The number of fused-ring (bicyclic) bond motifs is 5. The van der Waals surface area contributed by atoms with E-state index < -0.39 is 0 Å². The summed E-state index contributed by atoms with van der Waals surface area (Å²) >= 11 is 0. The maximum atomic E-state index is 9.52. The minimum absolute atomic E-state index is 0.642. The third kappa shape index (κ3) is 4.48. The van der Waals surface area contributed by atoms with Gasteiger partial charge >= 0.3 is 0 Å². The van der Waals surface area contributed by atoms with Crippen molar-refractivity contribution in [1.82, 2.24) is 4.57 Å². The number of nitrogens with zero attached hydrogens (tertiary/aromatic N) is 3. The topological polar surface area (TPSA) is 32.0 Å². The Morgan fingerprint density at radius 3 is 1.91 bits per heavy atom. The normalized spacial score (nSPS) is 11.7. The first-order valence-corrected chi connectivity index (χ1v) is 18.3. The van der Waals surface area contributed by atoms with Crippen LogP contribution < -0.4 is 4.90 Å². The largest absolute Gasteiger partial charge is 0.310 e. The molecule has 1 aromatic heterocycles. The van der Waals surface area contributed by atoms with Crippen LogP contribution >= 0.6 is 0 Å². The van der Waals surface area contributed by atoms with Crippen LogP contribution in [0, 0.1) is 11.3 Å². The fourth-order valence-electron chi connectivity index (χ4n) is 8.73. The number of benzene rings is 10. The molecule has 0 radical (unpaired) electrons. The highest BCUT2D eigenvalue weighted by Gasteiger charge is 2.20. The summed E-state index contributed by atoms with van der Waals surface area (Å²) in [4.78, 5) is 2.29. The second-order valence-electron chi connectivity index (χ2n) is 14.0. The monoisotopic (exact) mass is 685 g/mol. The Morgan fingerprint density at radius 2 is 1.09 bits per heavy atom. The Labute approximate surface area is 312 Å². The van der Waals surface area contributed by atoms with E-state index in [0.29, 0.717) is 5.56 Å². The molecule has 0 aliphatic carbocycles. The number of hydrogen-bond acceptors (Lipinski definition) is 2. The van der Waals surface area contributed by atoms with Gasteiger partial charge in [0.2, 0.25) is 0 Å². The number of aromatic nitrogens is 1. The van der Waals surface area contributed by atoms with Gasteiger partial charge in [-0.3, -0.25) is 0 Å². The summed E-state index contributed by atoms with van der Waals surface area (Å²) in [7, 11) is 0. The molecule has 0 N–H and O–H groups in total. The second kappa shape index (κ2) is 11.8. The summed E-state index contributed by atoms with van der Waals surface area (Å²) in [5, 5.41) is 22.0. The SMILES string of the molecule is N#Cc1ccc(N(c2ccc(-c3ccc4ccc5c6c(ccc3c46)cc3c4ccccc4n(-c4ccccc4)c35)cc2)c2cccc3ccccc23)cc1. The van der Waals surface area contributed by atoms with E-state index in [2.05, 4.69) is 179 Å². The predicted octanol–water partition coefficient (Wildman–Crippen LogP) is 13.8. The predicted molar refractivity (Wildman–Crippen MR) is 227 cm³/mol. The third-order valence-corrected chi connectivity index (χ3v) is 11.1. The lowest BCUT2D eigenvalue weighted by Crippen LogP contribution is -2.10. The number of para-hydroxylation sites is 2. The van der Waals surface area contributed by atoms with Gasteiger partial charge < -0.3 is 9.47 Å². The summed E-state index contributed by atoms with van der Waals surface area (Å²) in [6.45, 7) is 0. The van der Waals surface area contributed by atoms with Gasteiger partial charge in [0, 0.05) is 38.6 Å². The summed E-state index contributed by atoms with van der Waals surface area (Å²) < 4.78 is 2.44. The van der Waals surface area contributed by atoms with Crippen LogP contribution in [-0.2, 0) is 0 Å². The molecule has 0 unspecified atom stereocenters. The van der Waals surface area contributed by atoms with Crippen LogP contribution in [0.25, 0.3) is 81.7 Å². The molecule has 0 spiro atoms. The molecule has 0 saturated carbocycles. The van der Waals surface area contributed by atoms with Crippen LogP contribution in [0.15, 0.2) is 188 Å². The summed E-state index contributed by atoms with van der Waals surface area (Å²) in [5.74, 6) is 0. The molecule has 3 heteroatoms. The maximum Gasteiger partial charge on any atom is 0.0991 e. The smallest absolute Gasteiger partial charge is 0.0991 e. The first-order valence-electron chi connectivity index (χ1n) is 18.3. The van der Waals surface area contributed by atoms with E-state index in [9.17, 15) is 5.26 Å². The standard InChI is InChI=1S/C51H31N3/c52-32-33-17-24-39(25-18-33)53(47-16-8-10-34-9-4-5-13-42(34)47)40-26-19-35(20-27-40)41-28-21-36-22-30-45-50-37(23-29-44(41)49(36)50)31-46-43-14-6-7-15-48(43)54(51(45)46)38-11-2-1-3-12-38/h1-31H. The van der Waals surface area contributed by atoms with Crippen molar-refractivity contribution < 1.29 is 0 Å². The van der Waals surface area contributed by atoms with Crippen LogP contribution in [0.1, 0.15) is 5.56 Å². The van der Waals surface area contributed by atoms with Crippen molar-refractivity contribution in [2.45, 2.75) is 0 Å². The van der Waals surface area contributed by atoms with E-state index in [0.717, 1.165) is 28.3 Å². The van der Waals surface area contributed by atoms with Crippen molar-refractivity contribution in [3.05, 3.63) is 194 Å². The molecule has 0 bridgehead atoms. The zero-order valence-electron chi connectivity index (χ0n) is 29.2. The molecule has 250 valence electrons. The Balaban J connectivity index is 1.10. The zero-order chi connectivity index (χ0) is 35.8. The van der Waals surface area contributed by atoms with Crippen LogP contribution in [-0.4, -0.2) is 4.57 Å². The fraction of sp³-hybridized carbons (Fsp3) is 0. The van der Waals surface area contributed by atoms with Crippen LogP contribution in [0.2, 0.25) is 0 Å². The van der Waals surface area contributed by atoms with Gasteiger partial charge in [-0.25, -0.2) is 0 Å². The Bertz CT molecular complexity index is 3250. The van der Waals surface area contributed by atoms with E-state index >= 15 is 0 Å². The molecule has 0 fully saturated rings. The average molecular weight is 686 g/mol. The van der Waals surface area contributed by atoms with Gasteiger partial charge in [-0.05, 0) is 110 Å². The number of anilines is 3. The van der Waals surface area contributed by atoms with Crippen LogP contribution in [0.4, 0.5) is 17.1 Å². The molecule has 0 saturated heterocycles. The Hall–Kier alpha value is -7.41. The van der Waals surface area contributed by atoms with E-state index in [-0.39, 0.29) is 0 Å². The molecule has 0 amide bonds. The minimum atomic E-state index is 0.642. The number of hydrogen-bond donors (Lipinski definition) is 0. The van der Waals surface area contributed by atoms with Gasteiger partial charge in [-0.1, -0.05) is 121 Å². The van der Waals surface area contributed by atoms with Crippen LogP contribution in [0.3, 0.4) is 0 Å². The molecule has 0 aliphatic heterocycles. The Kier molecular flexibility index (Phi) is 6.62. The molecule has 0 aliphatic rings. The van der Waals surface area contributed by atoms with Crippen molar-refractivity contribution in [3.8, 4) is 22.9 Å². The van der Waals surface area contributed by atoms with Gasteiger partial charge in [-0.2, -0.15) is 5.26 Å². The van der Waals surface area contributed by atoms with Gasteiger partial charge in [0.15, 0.2) is 0 Å². The molecule has 1 heterocycles. The van der Waals surface area contributed by atoms with E-state index in [1.165, 1.54) is 70.5 Å². The molecular weight excluding hydrogens is 655 g/mol. The van der Waals surface area contributed by atoms with Gasteiger partial charge in [0.05, 0.1) is 28.4 Å². The van der Waals surface area contributed by atoms with Crippen molar-refractivity contribution in [3.63, 3.8) is 0 Å². The number of rotatable bonds is 5. The first kappa shape index (κ1) is 30.2. The lowest BCUT2D eigenvalue weighted by Gasteiger charge is -2.27. The first-order chi connectivity index (χ1) is 26.7. The van der Waals surface area contributed by atoms with Crippen molar-refractivity contribution in [1.29, 1.82) is 5.26 Å². The highest BCUT2D eigenvalue weighted by molar-refractivity contribution is 6.32. The Morgan fingerprint density at radius 1 is 0.444 bits per heavy atom. The summed E-state index contributed by atoms with van der Waals surface area (Å²) in [6, 6.07) is 69.6. The van der Waals surface area contributed by atoms with Crippen molar-refractivity contribution >= 4 is 82.0 Å². The molecule has 11 rings (SSSR count). The highest BCUT2D eigenvalue weighted by Crippen LogP contribution is 2.45. The highest BCUT2D eigenvalue weighted by atomic mass is 15.1. The van der Waals surface area contributed by atoms with E-state index in [1.54, 1.807) is 0 Å². The second-order valence-corrected chi connectivity index (χ2v) is 14.0. The van der Waals surface area contributed by atoms with E-state index in [1.807, 2.05) is 24.3 Å². The molecule has 10 aromatic carbocycles. The summed E-state index contributed by atoms with van der Waals surface area (Å²) in [6.07, 6.45) is 0. The third-order valence-electron chi connectivity index (χ3n) is 11.1. The van der Waals surface area contributed by atoms with Gasteiger partial charge in [-0.15, -0.1) is 0 Å². The minimum Gasteiger partial charge on any atom is -0.310 e. The van der Waals surface area contributed by atoms with Gasteiger partial charge in [0.1, 0.15) is 0 Å². The average Bonchev–Trinajstić information content (AvgIpc) is 3.58. The van der Waals surface area contributed by atoms with Gasteiger partial charge in [0.25, 0.3) is 0 Å². The maximum absolute atomic E-state index is 9.52. The van der Waals surface area contributed by atoms with Crippen molar-refractivity contribution in [2.75, 3.05) is 4.90 Å². The molecular formula is C51H31N3. The van der Waals surface area contributed by atoms with Crippen LogP contribution in [0.5, 0.6) is 0 Å². The van der Waals surface area contributed by atoms with Crippen molar-refractivity contribution in [2.24, 2.45) is 0 Å². The molecule has 54 heavy (non-hydrogen) atoms. The fourth-order valence-corrected chi connectivity index (χ4v) is 8.73. The summed E-state index contributed by atoms with van der Waals surface area (Å²) in [5.41, 5.74) is 9.78. The van der Waals surface area contributed by atoms with E-state index in [4.69, 9.17) is 0 Å². The quantitative estimate of drug-likeness (QED) is 0.169. The molecule has 11 aromatic rings. The number of nitriles is 1. The molecule has 3 nitrogen and oxygen atoms in total. The lowest BCUT2D eigenvalue weighted by molar-refractivity contribution is 1.19.